The second kappa shape index (κ2) is 16.1. The van der Waals surface area contributed by atoms with Crippen molar-refractivity contribution < 1.29 is 28.6 Å². The van der Waals surface area contributed by atoms with Crippen LogP contribution in [0.5, 0.6) is 0 Å². The number of benzene rings is 2. The van der Waals surface area contributed by atoms with E-state index < -0.39 is 24.6 Å². The SMILES string of the molecule is COC(=O)N[C@@H](C)C(=O)N[C@@H](c1ncc(-c2ccc(-c3ccc(-c4cnc([C@H](NC(=O)[C@H](C)NC5OCO5)C(C)C)[nH]4)cc3)cc2)[nH]1)C(C)C. The van der Waals surface area contributed by atoms with Gasteiger partial charge in [0.05, 0.1) is 49.0 Å². The molecule has 3 amide bonds. The van der Waals surface area contributed by atoms with E-state index in [1.54, 1.807) is 26.2 Å². The summed E-state index contributed by atoms with van der Waals surface area (Å²) in [6.07, 6.45) is 2.30. The van der Waals surface area contributed by atoms with Crippen LogP contribution >= 0.6 is 0 Å². The van der Waals surface area contributed by atoms with Gasteiger partial charge in [0.2, 0.25) is 18.2 Å². The molecule has 6 N–H and O–H groups in total. The number of rotatable bonds is 14. The quantitative estimate of drug-likeness (QED) is 0.109. The lowest BCUT2D eigenvalue weighted by atomic mass is 10.0. The summed E-state index contributed by atoms with van der Waals surface area (Å²) in [7, 11) is 1.25. The molecule has 1 saturated heterocycles. The van der Waals surface area contributed by atoms with E-state index in [0.29, 0.717) is 11.6 Å². The maximum absolute atomic E-state index is 12.8. The predicted octanol–water partition coefficient (Wildman–Crippen LogP) is 4.77. The summed E-state index contributed by atoms with van der Waals surface area (Å²) < 4.78 is 15.0. The van der Waals surface area contributed by atoms with Gasteiger partial charge in [0.1, 0.15) is 17.7 Å². The first-order valence-corrected chi connectivity index (χ1v) is 16.7. The summed E-state index contributed by atoms with van der Waals surface area (Å²) in [4.78, 5) is 53.0. The molecule has 2 aromatic carbocycles. The first kappa shape index (κ1) is 36.2. The van der Waals surface area contributed by atoms with Gasteiger partial charge in [-0.3, -0.25) is 14.9 Å². The Labute approximate surface area is 291 Å². The Morgan fingerprint density at radius 1 is 0.680 bits per heavy atom. The monoisotopic (exact) mass is 686 g/mol. The Balaban J connectivity index is 1.22. The van der Waals surface area contributed by atoms with Gasteiger partial charge in [0.15, 0.2) is 6.79 Å². The molecule has 0 unspecified atom stereocenters. The normalized spacial score (nSPS) is 15.5. The second-order valence-corrected chi connectivity index (χ2v) is 13.0. The number of nitrogens with one attached hydrogen (secondary N) is 6. The number of amides is 3. The summed E-state index contributed by atoms with van der Waals surface area (Å²) in [5.74, 6) is 0.933. The minimum absolute atomic E-state index is 0.0407. The molecular formula is C36H46N8O6. The van der Waals surface area contributed by atoms with Crippen molar-refractivity contribution in [1.82, 2.24) is 41.2 Å². The van der Waals surface area contributed by atoms with E-state index in [2.05, 4.69) is 70.2 Å². The molecule has 0 bridgehead atoms. The van der Waals surface area contributed by atoms with Gasteiger partial charge in [0.25, 0.3) is 0 Å². The van der Waals surface area contributed by atoms with Crippen LogP contribution in [0, 0.1) is 11.8 Å². The van der Waals surface area contributed by atoms with Gasteiger partial charge in [-0.15, -0.1) is 0 Å². The number of imidazole rings is 2. The standard InChI is InChI=1S/C36H46N8O6/c1-19(2)29(43-33(45)21(5)39-35(47)48-7)31-37-16-27(41-31)25-12-8-23(9-13-25)24-10-14-26(15-11-24)28-17-38-32(42-28)30(20(3)4)44-34(46)22(6)40-36-49-18-50-36/h8-17,19-22,29-30,36,40H,18H2,1-7H3,(H,37,41)(H,38,42)(H,39,47)(H,43,45)(H,44,46)/t21-,22-,29+,30+/m0/s1. The summed E-state index contributed by atoms with van der Waals surface area (Å²) in [6, 6.07) is 14.4. The van der Waals surface area contributed by atoms with Crippen LogP contribution in [0.3, 0.4) is 0 Å². The Morgan fingerprint density at radius 2 is 1.10 bits per heavy atom. The Kier molecular flexibility index (Phi) is 11.7. The minimum atomic E-state index is -0.769. The molecule has 2 aromatic heterocycles. The largest absolute Gasteiger partial charge is 0.453 e. The number of methoxy groups -OCH3 is 1. The zero-order valence-electron chi connectivity index (χ0n) is 29.4. The molecule has 0 spiro atoms. The molecule has 14 heteroatoms. The first-order chi connectivity index (χ1) is 23.9. The van der Waals surface area contributed by atoms with E-state index in [0.717, 1.165) is 33.6 Å². The summed E-state index contributed by atoms with van der Waals surface area (Å²) >= 11 is 0. The number of H-pyrrole nitrogens is 2. The van der Waals surface area contributed by atoms with Crippen LogP contribution in [0.2, 0.25) is 0 Å². The number of aromatic nitrogens is 4. The molecule has 5 rings (SSSR count). The van der Waals surface area contributed by atoms with E-state index in [9.17, 15) is 14.4 Å². The number of hydrogen-bond donors (Lipinski definition) is 6. The van der Waals surface area contributed by atoms with Crippen LogP contribution in [0.15, 0.2) is 60.9 Å². The van der Waals surface area contributed by atoms with Gasteiger partial charge in [-0.2, -0.15) is 0 Å². The molecule has 1 aliphatic heterocycles. The van der Waals surface area contributed by atoms with Crippen LogP contribution < -0.4 is 21.3 Å². The van der Waals surface area contributed by atoms with Gasteiger partial charge in [-0.25, -0.2) is 14.8 Å². The van der Waals surface area contributed by atoms with Gasteiger partial charge in [-0.1, -0.05) is 76.2 Å². The Bertz CT molecular complexity index is 1750. The molecule has 0 saturated carbocycles. The average molecular weight is 687 g/mol. The van der Waals surface area contributed by atoms with Crippen molar-refractivity contribution in [3.05, 3.63) is 72.6 Å². The van der Waals surface area contributed by atoms with Crippen molar-refractivity contribution in [2.45, 2.75) is 72.1 Å². The van der Waals surface area contributed by atoms with E-state index in [4.69, 9.17) is 9.47 Å². The summed E-state index contributed by atoms with van der Waals surface area (Å²) in [5.41, 5.74) is 5.69. The molecule has 266 valence electrons. The second-order valence-electron chi connectivity index (χ2n) is 13.0. The maximum atomic E-state index is 12.8. The lowest BCUT2D eigenvalue weighted by Crippen LogP contribution is -2.53. The zero-order valence-corrected chi connectivity index (χ0v) is 29.4. The molecule has 1 fully saturated rings. The van der Waals surface area contributed by atoms with Crippen LogP contribution in [0.4, 0.5) is 4.79 Å². The van der Waals surface area contributed by atoms with Crippen LogP contribution in [-0.4, -0.2) is 70.2 Å². The fraction of sp³-hybridized carbons (Fsp3) is 0.417. The number of aromatic amines is 2. The predicted molar refractivity (Wildman–Crippen MR) is 187 cm³/mol. The minimum Gasteiger partial charge on any atom is -0.453 e. The average Bonchev–Trinajstić information content (AvgIpc) is 3.78. The highest BCUT2D eigenvalue weighted by atomic mass is 16.9. The third kappa shape index (κ3) is 8.75. The van der Waals surface area contributed by atoms with Gasteiger partial charge in [-0.05, 0) is 47.9 Å². The van der Waals surface area contributed by atoms with Crippen LogP contribution in [-0.2, 0) is 23.8 Å². The summed E-state index contributed by atoms with van der Waals surface area (Å²) in [5, 5.41) is 11.5. The molecule has 4 aromatic rings. The van der Waals surface area contributed by atoms with Gasteiger partial charge in [0, 0.05) is 0 Å². The number of nitrogens with zero attached hydrogens (tertiary/aromatic N) is 2. The highest BCUT2D eigenvalue weighted by Crippen LogP contribution is 2.29. The molecule has 1 aliphatic rings. The number of carbonyl (C=O) groups excluding carboxylic acids is 3. The van der Waals surface area contributed by atoms with Crippen molar-refractivity contribution in [3.8, 4) is 33.6 Å². The third-order valence-corrected chi connectivity index (χ3v) is 8.57. The van der Waals surface area contributed by atoms with E-state index in [1.807, 2.05) is 52.0 Å². The molecule has 14 nitrogen and oxygen atoms in total. The smallest absolute Gasteiger partial charge is 0.407 e. The molecular weight excluding hydrogens is 640 g/mol. The zero-order chi connectivity index (χ0) is 35.9. The Morgan fingerprint density at radius 3 is 1.48 bits per heavy atom. The van der Waals surface area contributed by atoms with Crippen molar-refractivity contribution >= 4 is 17.9 Å². The Hall–Kier alpha value is -5.05. The highest BCUT2D eigenvalue weighted by Gasteiger charge is 2.28. The number of ether oxygens (including phenoxy) is 3. The lowest BCUT2D eigenvalue weighted by Gasteiger charge is -2.30. The third-order valence-electron chi connectivity index (χ3n) is 8.57. The molecule has 4 atom stereocenters. The van der Waals surface area contributed by atoms with E-state index in [1.165, 1.54) is 7.11 Å². The van der Waals surface area contributed by atoms with Crippen LogP contribution in [0.25, 0.3) is 33.6 Å². The number of alkyl carbamates (subject to hydrolysis) is 1. The molecule has 50 heavy (non-hydrogen) atoms. The number of carbonyl (C=O) groups is 3. The van der Waals surface area contributed by atoms with E-state index in [-0.39, 0.29) is 42.5 Å². The fourth-order valence-corrected chi connectivity index (χ4v) is 5.44. The fourth-order valence-electron chi connectivity index (χ4n) is 5.44. The van der Waals surface area contributed by atoms with Crippen molar-refractivity contribution in [1.29, 1.82) is 0 Å². The van der Waals surface area contributed by atoms with Gasteiger partial charge >= 0.3 is 6.09 Å². The number of hydrogen-bond acceptors (Lipinski definition) is 9. The molecule has 3 heterocycles. The maximum Gasteiger partial charge on any atom is 0.407 e. The lowest BCUT2D eigenvalue weighted by molar-refractivity contribution is -0.334. The topological polar surface area (TPSA) is 184 Å². The first-order valence-electron chi connectivity index (χ1n) is 16.7. The van der Waals surface area contributed by atoms with Crippen molar-refractivity contribution in [3.63, 3.8) is 0 Å². The van der Waals surface area contributed by atoms with Crippen LogP contribution in [0.1, 0.15) is 65.3 Å². The summed E-state index contributed by atoms with van der Waals surface area (Å²) in [6.45, 7) is 11.6. The van der Waals surface area contributed by atoms with Crippen molar-refractivity contribution in [2.75, 3.05) is 13.9 Å². The molecule has 0 aliphatic carbocycles. The van der Waals surface area contributed by atoms with E-state index >= 15 is 0 Å². The highest BCUT2D eigenvalue weighted by molar-refractivity contribution is 5.85. The van der Waals surface area contributed by atoms with Crippen molar-refractivity contribution in [2.24, 2.45) is 11.8 Å². The molecule has 0 radical (unpaired) electrons. The van der Waals surface area contributed by atoms with Gasteiger partial charge < -0.3 is 40.1 Å².